The predicted octanol–water partition coefficient (Wildman–Crippen LogP) is 3.58. The molecule has 0 aliphatic rings. The molecule has 5 nitrogen and oxygen atoms in total. The molecule has 146 valence electrons. The summed E-state index contributed by atoms with van der Waals surface area (Å²) >= 11 is 0. The molecule has 0 aliphatic heterocycles. The maximum absolute atomic E-state index is 13.1. The van der Waals surface area contributed by atoms with Crippen molar-refractivity contribution in [2.45, 2.75) is 13.0 Å². The Morgan fingerprint density at radius 2 is 1.96 bits per heavy atom. The number of halogens is 2. The van der Waals surface area contributed by atoms with Crippen molar-refractivity contribution < 1.29 is 18.7 Å². The van der Waals surface area contributed by atoms with Gasteiger partial charge in [-0.15, -0.1) is 0 Å². The molecule has 1 aromatic heterocycles. The Balaban J connectivity index is 2.09. The van der Waals surface area contributed by atoms with Crippen molar-refractivity contribution in [1.82, 2.24) is 10.3 Å². The van der Waals surface area contributed by atoms with Gasteiger partial charge >= 0.3 is 0 Å². The average Bonchev–Trinajstić information content (AvgIpc) is 2.70. The van der Waals surface area contributed by atoms with E-state index in [4.69, 9.17) is 0 Å². The largest absolute Gasteiger partial charge is 0.505 e. The SMILES string of the molecule is CNc1c(CNCCF)c(C=O)c(O)c2ncc(Cc3ccc(F)cc3)cc12. The highest BCUT2D eigenvalue weighted by molar-refractivity contribution is 6.03. The van der Waals surface area contributed by atoms with Gasteiger partial charge in [-0.1, -0.05) is 12.1 Å². The van der Waals surface area contributed by atoms with Crippen LogP contribution in [0.2, 0.25) is 0 Å². The summed E-state index contributed by atoms with van der Waals surface area (Å²) in [6.45, 7) is -0.169. The van der Waals surface area contributed by atoms with Crippen molar-refractivity contribution in [2.75, 3.05) is 25.6 Å². The number of alkyl halides is 1. The van der Waals surface area contributed by atoms with E-state index >= 15 is 0 Å². The number of hydrogen-bond acceptors (Lipinski definition) is 5. The Morgan fingerprint density at radius 3 is 2.61 bits per heavy atom. The Bertz CT molecular complexity index is 991. The molecule has 7 heteroatoms. The average molecular weight is 385 g/mol. The number of phenols is 1. The lowest BCUT2D eigenvalue weighted by Gasteiger charge is -2.17. The zero-order chi connectivity index (χ0) is 20.1. The zero-order valence-corrected chi connectivity index (χ0v) is 15.4. The van der Waals surface area contributed by atoms with Crippen LogP contribution in [0.4, 0.5) is 14.5 Å². The van der Waals surface area contributed by atoms with Crippen molar-refractivity contribution in [1.29, 1.82) is 0 Å². The van der Waals surface area contributed by atoms with Crippen LogP contribution in [0.5, 0.6) is 5.75 Å². The molecule has 0 spiro atoms. The summed E-state index contributed by atoms with van der Waals surface area (Å²) in [5.74, 6) is -0.496. The van der Waals surface area contributed by atoms with Crippen LogP contribution in [-0.4, -0.2) is 36.6 Å². The molecule has 1 heterocycles. The van der Waals surface area contributed by atoms with Crippen LogP contribution in [0, 0.1) is 5.82 Å². The molecule has 0 bridgehead atoms. The first-order valence-corrected chi connectivity index (χ1v) is 8.89. The normalized spacial score (nSPS) is 11.0. The molecule has 28 heavy (non-hydrogen) atoms. The fourth-order valence-electron chi connectivity index (χ4n) is 3.27. The summed E-state index contributed by atoms with van der Waals surface area (Å²) in [4.78, 5) is 15.9. The molecular formula is C21H21F2N3O2. The minimum atomic E-state index is -0.533. The highest BCUT2D eigenvalue weighted by Crippen LogP contribution is 2.37. The topological polar surface area (TPSA) is 74.2 Å². The fourth-order valence-corrected chi connectivity index (χ4v) is 3.27. The number of benzene rings is 2. The van der Waals surface area contributed by atoms with E-state index in [1.807, 2.05) is 6.07 Å². The summed E-state index contributed by atoms with van der Waals surface area (Å²) in [5, 5.41) is 17.2. The van der Waals surface area contributed by atoms with Crippen LogP contribution >= 0.6 is 0 Å². The van der Waals surface area contributed by atoms with E-state index in [0.717, 1.165) is 11.1 Å². The molecule has 0 radical (unpaired) electrons. The lowest BCUT2D eigenvalue weighted by molar-refractivity contribution is 0.112. The lowest BCUT2D eigenvalue weighted by Crippen LogP contribution is -2.18. The van der Waals surface area contributed by atoms with Gasteiger partial charge < -0.3 is 15.7 Å². The van der Waals surface area contributed by atoms with Gasteiger partial charge in [0.2, 0.25) is 0 Å². The Labute approximate surface area is 161 Å². The molecule has 3 N–H and O–H groups in total. The number of carbonyl (C=O) groups is 1. The van der Waals surface area contributed by atoms with Gasteiger partial charge in [0, 0.05) is 43.0 Å². The third-order valence-corrected chi connectivity index (χ3v) is 4.58. The molecule has 2 aromatic carbocycles. The van der Waals surface area contributed by atoms with Crippen LogP contribution in [0.3, 0.4) is 0 Å². The number of nitrogens with one attached hydrogen (secondary N) is 2. The minimum Gasteiger partial charge on any atom is -0.505 e. The molecule has 0 unspecified atom stereocenters. The monoisotopic (exact) mass is 385 g/mol. The highest BCUT2D eigenvalue weighted by Gasteiger charge is 2.19. The maximum Gasteiger partial charge on any atom is 0.154 e. The lowest BCUT2D eigenvalue weighted by atomic mass is 9.97. The van der Waals surface area contributed by atoms with Gasteiger partial charge in [-0.3, -0.25) is 9.78 Å². The van der Waals surface area contributed by atoms with E-state index in [-0.39, 0.29) is 30.2 Å². The van der Waals surface area contributed by atoms with E-state index in [0.29, 0.717) is 34.9 Å². The van der Waals surface area contributed by atoms with E-state index in [1.54, 1.807) is 25.4 Å². The van der Waals surface area contributed by atoms with E-state index in [1.165, 1.54) is 12.1 Å². The first kappa shape index (κ1) is 19.7. The second-order valence-corrected chi connectivity index (χ2v) is 6.39. The Morgan fingerprint density at radius 1 is 1.21 bits per heavy atom. The molecule has 3 aromatic rings. The quantitative estimate of drug-likeness (QED) is 0.314. The van der Waals surface area contributed by atoms with Gasteiger partial charge in [0.05, 0.1) is 5.56 Å². The minimum absolute atomic E-state index is 0.127. The number of nitrogens with zero attached hydrogens (tertiary/aromatic N) is 1. The molecule has 0 atom stereocenters. The maximum atomic E-state index is 13.1. The zero-order valence-electron chi connectivity index (χ0n) is 15.4. The van der Waals surface area contributed by atoms with Gasteiger partial charge in [-0.2, -0.15) is 0 Å². The second kappa shape index (κ2) is 8.75. The number of phenolic OH excluding ortho intramolecular Hbond substituents is 1. The van der Waals surface area contributed by atoms with Crippen LogP contribution < -0.4 is 10.6 Å². The van der Waals surface area contributed by atoms with Crippen LogP contribution in [0.25, 0.3) is 10.9 Å². The summed E-state index contributed by atoms with van der Waals surface area (Å²) < 4.78 is 25.6. The van der Waals surface area contributed by atoms with Crippen molar-refractivity contribution in [2.24, 2.45) is 0 Å². The summed E-state index contributed by atoms with van der Waals surface area (Å²) in [6.07, 6.45) is 2.74. The molecular weight excluding hydrogens is 364 g/mol. The number of rotatable bonds is 8. The second-order valence-electron chi connectivity index (χ2n) is 6.39. The molecule has 3 rings (SSSR count). The van der Waals surface area contributed by atoms with E-state index in [2.05, 4.69) is 15.6 Å². The summed E-state index contributed by atoms with van der Waals surface area (Å²) in [5.41, 5.74) is 3.43. The molecule has 0 fully saturated rings. The fraction of sp³-hybridized carbons (Fsp3) is 0.238. The summed E-state index contributed by atoms with van der Waals surface area (Å²) in [7, 11) is 1.71. The van der Waals surface area contributed by atoms with E-state index in [9.17, 15) is 18.7 Å². The van der Waals surface area contributed by atoms with Gasteiger partial charge in [0.15, 0.2) is 12.0 Å². The molecule has 0 aliphatic carbocycles. The Hall–Kier alpha value is -3.06. The highest BCUT2D eigenvalue weighted by atomic mass is 19.1. The molecule has 0 saturated heterocycles. The molecule has 0 amide bonds. The number of aromatic hydroxyl groups is 1. The third-order valence-electron chi connectivity index (χ3n) is 4.58. The first-order chi connectivity index (χ1) is 13.6. The van der Waals surface area contributed by atoms with Crippen LogP contribution in [-0.2, 0) is 13.0 Å². The van der Waals surface area contributed by atoms with Crippen LogP contribution in [0.1, 0.15) is 27.0 Å². The van der Waals surface area contributed by atoms with Gasteiger partial charge in [0.1, 0.15) is 18.0 Å². The number of fused-ring (bicyclic) bond motifs is 1. The van der Waals surface area contributed by atoms with E-state index < -0.39 is 6.67 Å². The standard InChI is InChI=1S/C21H21F2N3O2/c1-24-19-16-9-14(8-13-2-4-15(23)5-3-13)10-26-20(16)21(28)18(12-27)17(19)11-25-7-6-22/h2-5,9-10,12,24-25,28H,6-8,11H2,1H3. The summed E-state index contributed by atoms with van der Waals surface area (Å²) in [6, 6.07) is 8.10. The Kier molecular flexibility index (Phi) is 6.16. The smallest absolute Gasteiger partial charge is 0.154 e. The third kappa shape index (κ3) is 3.94. The van der Waals surface area contributed by atoms with Crippen molar-refractivity contribution >= 4 is 22.9 Å². The number of aldehydes is 1. The number of carbonyl (C=O) groups excluding carboxylic acids is 1. The number of anilines is 1. The predicted molar refractivity (Wildman–Crippen MR) is 105 cm³/mol. The molecule has 0 saturated carbocycles. The van der Waals surface area contributed by atoms with Gasteiger partial charge in [-0.05, 0) is 35.7 Å². The number of hydrogen-bond donors (Lipinski definition) is 3. The first-order valence-electron chi connectivity index (χ1n) is 8.89. The van der Waals surface area contributed by atoms with Crippen molar-refractivity contribution in [3.63, 3.8) is 0 Å². The number of aromatic nitrogens is 1. The van der Waals surface area contributed by atoms with Gasteiger partial charge in [0.25, 0.3) is 0 Å². The van der Waals surface area contributed by atoms with Gasteiger partial charge in [-0.25, -0.2) is 8.78 Å². The van der Waals surface area contributed by atoms with Crippen molar-refractivity contribution in [3.8, 4) is 5.75 Å². The van der Waals surface area contributed by atoms with Crippen molar-refractivity contribution in [3.05, 3.63) is 64.6 Å². The van der Waals surface area contributed by atoms with Crippen LogP contribution in [0.15, 0.2) is 36.5 Å². The number of pyridine rings is 1.